The number of nitrogens with zero attached hydrogens (tertiary/aromatic N) is 5. The molecule has 4 aromatic heterocycles. The molecule has 0 spiro atoms. The van der Waals surface area contributed by atoms with E-state index in [0.717, 1.165) is 24.2 Å². The maximum absolute atomic E-state index is 13.7. The molecule has 7 rings (SSSR count). The number of benzene rings is 1. The second-order valence-corrected chi connectivity index (χ2v) is 13.1. The normalized spacial score (nSPS) is 18.5. The lowest BCUT2D eigenvalue weighted by Gasteiger charge is -2.21. The fourth-order valence-electron chi connectivity index (χ4n) is 6.33. The van der Waals surface area contributed by atoms with E-state index >= 15 is 0 Å². The Balaban J connectivity index is 0.000000295. The summed E-state index contributed by atoms with van der Waals surface area (Å²) in [5.41, 5.74) is -0.250. The highest BCUT2D eigenvalue weighted by atomic mass is 16.5. The third kappa shape index (κ3) is 6.14. The van der Waals surface area contributed by atoms with Gasteiger partial charge in [0, 0.05) is 12.5 Å². The maximum atomic E-state index is 13.7. The van der Waals surface area contributed by atoms with Crippen LogP contribution in [0, 0.1) is 17.3 Å². The number of imidazole rings is 2. The Bertz CT molecular complexity index is 2210. The standard InChI is InChI=1S/C28H34N4O4.C5H4N4O2/c1-5-13-30-25(33)22-24(31(27(30)35)16-18-9-7-6-8-10-18)29-23(21-15-19-11-12-20(21)14-19)32(22)17-36-26(34)28(2,3)4;10-4-2-3(7-1-6-2)8-5(11)9-4/h6-12,19-21H,5,13-17H2,1-4H3;1H,(H3,6,7,8,9,10,11)/t19-,20+,21-;/m1./s1. The van der Waals surface area contributed by atoms with E-state index in [9.17, 15) is 24.0 Å². The summed E-state index contributed by atoms with van der Waals surface area (Å²) in [6.45, 7) is 7.84. The molecule has 5 aromatic rings. The van der Waals surface area contributed by atoms with Crippen LogP contribution in [0.25, 0.3) is 22.3 Å². The highest BCUT2D eigenvalue weighted by Crippen LogP contribution is 2.48. The molecule has 0 radical (unpaired) electrons. The average molecular weight is 643 g/mol. The quantitative estimate of drug-likeness (QED) is 0.179. The van der Waals surface area contributed by atoms with Gasteiger partial charge in [-0.2, -0.15) is 0 Å². The summed E-state index contributed by atoms with van der Waals surface area (Å²) in [4.78, 5) is 77.2. The van der Waals surface area contributed by atoms with Gasteiger partial charge in [-0.25, -0.2) is 19.6 Å². The second kappa shape index (κ2) is 12.5. The van der Waals surface area contributed by atoms with E-state index in [1.54, 1.807) is 29.9 Å². The van der Waals surface area contributed by atoms with Crippen LogP contribution in [-0.2, 0) is 29.4 Å². The molecule has 0 saturated heterocycles. The monoisotopic (exact) mass is 642 g/mol. The Morgan fingerprint density at radius 1 is 1.00 bits per heavy atom. The van der Waals surface area contributed by atoms with Crippen LogP contribution < -0.4 is 22.5 Å². The van der Waals surface area contributed by atoms with E-state index in [1.165, 1.54) is 10.9 Å². The molecule has 14 heteroatoms. The van der Waals surface area contributed by atoms with Crippen LogP contribution in [0.4, 0.5) is 0 Å². The van der Waals surface area contributed by atoms with E-state index in [0.29, 0.717) is 42.5 Å². The van der Waals surface area contributed by atoms with E-state index in [4.69, 9.17) is 9.72 Å². The van der Waals surface area contributed by atoms with Crippen molar-refractivity contribution >= 4 is 28.3 Å². The average Bonchev–Trinajstić information content (AvgIpc) is 3.84. The smallest absolute Gasteiger partial charge is 0.333 e. The fourth-order valence-corrected chi connectivity index (χ4v) is 6.33. The zero-order valence-electron chi connectivity index (χ0n) is 26.8. The first-order valence-corrected chi connectivity index (χ1v) is 15.7. The number of ether oxygens (including phenoxy) is 1. The van der Waals surface area contributed by atoms with Crippen LogP contribution in [0.1, 0.15) is 64.3 Å². The lowest BCUT2D eigenvalue weighted by molar-refractivity contribution is -0.156. The van der Waals surface area contributed by atoms with Crippen molar-refractivity contribution in [3.8, 4) is 0 Å². The van der Waals surface area contributed by atoms with Crippen molar-refractivity contribution in [3.05, 3.63) is 102 Å². The molecule has 1 fully saturated rings. The van der Waals surface area contributed by atoms with Gasteiger partial charge in [0.2, 0.25) is 0 Å². The van der Waals surface area contributed by atoms with Gasteiger partial charge in [-0.15, -0.1) is 0 Å². The van der Waals surface area contributed by atoms with E-state index in [-0.39, 0.29) is 41.0 Å². The number of hydrogen-bond acceptors (Lipinski definition) is 8. The summed E-state index contributed by atoms with van der Waals surface area (Å²) in [6, 6.07) is 9.70. The minimum atomic E-state index is -0.677. The lowest BCUT2D eigenvalue weighted by Crippen LogP contribution is -2.41. The summed E-state index contributed by atoms with van der Waals surface area (Å²) in [7, 11) is 0. The number of rotatable bonds is 7. The molecule has 0 amide bonds. The molecule has 0 unspecified atom stereocenters. The molecule has 2 bridgehead atoms. The van der Waals surface area contributed by atoms with Gasteiger partial charge in [0.05, 0.1) is 18.3 Å². The fraction of sp³-hybridized carbons (Fsp3) is 0.424. The third-order valence-electron chi connectivity index (χ3n) is 8.65. The predicted octanol–water partition coefficient (Wildman–Crippen LogP) is 2.98. The van der Waals surface area contributed by atoms with Crippen molar-refractivity contribution in [2.75, 3.05) is 0 Å². The molecule has 3 atom stereocenters. The van der Waals surface area contributed by atoms with Crippen molar-refractivity contribution in [3.63, 3.8) is 0 Å². The number of esters is 1. The zero-order chi connectivity index (χ0) is 33.5. The van der Waals surface area contributed by atoms with Crippen LogP contribution in [0.2, 0.25) is 0 Å². The number of hydrogen-bond donors (Lipinski definition) is 3. The molecule has 1 aromatic carbocycles. The molecule has 2 aliphatic rings. The Kier molecular flexibility index (Phi) is 8.43. The van der Waals surface area contributed by atoms with E-state index in [1.807, 2.05) is 37.3 Å². The molecule has 1 saturated carbocycles. The SMILES string of the molecule is CCCn1c(=O)c2c(nc([C@@H]3C[C@@H]4C=C[C@H]3C4)n2COC(=O)C(C)(C)C)n(Cc2ccccc2)c1=O.O=c1[nH]c(=O)c2[nH]cnc2[nH]1. The molecule has 47 heavy (non-hydrogen) atoms. The van der Waals surface area contributed by atoms with E-state index < -0.39 is 16.7 Å². The topological polar surface area (TPSA) is 183 Å². The van der Waals surface area contributed by atoms with E-state index in [2.05, 4.69) is 32.1 Å². The van der Waals surface area contributed by atoms with Crippen molar-refractivity contribution in [1.29, 1.82) is 0 Å². The van der Waals surface area contributed by atoms with Crippen molar-refractivity contribution in [2.45, 2.75) is 72.7 Å². The zero-order valence-corrected chi connectivity index (χ0v) is 26.8. The molecule has 2 aliphatic carbocycles. The van der Waals surface area contributed by atoms with Gasteiger partial charge in [-0.1, -0.05) is 49.4 Å². The predicted molar refractivity (Wildman–Crippen MR) is 175 cm³/mol. The van der Waals surface area contributed by atoms with Gasteiger partial charge >= 0.3 is 17.3 Å². The first-order valence-electron chi connectivity index (χ1n) is 15.7. The highest BCUT2D eigenvalue weighted by Gasteiger charge is 2.40. The first-order chi connectivity index (χ1) is 22.5. The summed E-state index contributed by atoms with van der Waals surface area (Å²) in [5, 5.41) is 0. The second-order valence-electron chi connectivity index (χ2n) is 13.1. The third-order valence-corrected chi connectivity index (χ3v) is 8.65. The Morgan fingerprint density at radius 2 is 1.77 bits per heavy atom. The minimum absolute atomic E-state index is 0.107. The van der Waals surface area contributed by atoms with Crippen molar-refractivity contribution < 1.29 is 9.53 Å². The maximum Gasteiger partial charge on any atom is 0.333 e. The van der Waals surface area contributed by atoms with Crippen LogP contribution in [0.15, 0.2) is 68.0 Å². The highest BCUT2D eigenvalue weighted by molar-refractivity contribution is 5.76. The number of nitrogens with one attached hydrogen (secondary N) is 3. The molecule has 246 valence electrons. The van der Waals surface area contributed by atoms with Crippen LogP contribution in [-0.4, -0.2) is 44.6 Å². The molecule has 3 N–H and O–H groups in total. The summed E-state index contributed by atoms with van der Waals surface area (Å²) < 4.78 is 10.4. The number of aromatic nitrogens is 8. The van der Waals surface area contributed by atoms with Crippen LogP contribution in [0.5, 0.6) is 0 Å². The van der Waals surface area contributed by atoms with Gasteiger partial charge in [0.25, 0.3) is 11.1 Å². The van der Waals surface area contributed by atoms with Gasteiger partial charge in [0.1, 0.15) is 11.3 Å². The Hall–Kier alpha value is -5.27. The summed E-state index contributed by atoms with van der Waals surface area (Å²) in [6.07, 6.45) is 8.47. The largest absolute Gasteiger partial charge is 0.443 e. The van der Waals surface area contributed by atoms with Crippen molar-refractivity contribution in [2.24, 2.45) is 17.3 Å². The van der Waals surface area contributed by atoms with Gasteiger partial charge in [-0.3, -0.25) is 38.1 Å². The molecular formula is C33H38N8O6. The van der Waals surface area contributed by atoms with Crippen LogP contribution >= 0.6 is 0 Å². The number of H-pyrrole nitrogens is 3. The Morgan fingerprint density at radius 3 is 2.43 bits per heavy atom. The summed E-state index contributed by atoms with van der Waals surface area (Å²) >= 11 is 0. The van der Waals surface area contributed by atoms with Gasteiger partial charge in [0.15, 0.2) is 23.5 Å². The number of aromatic amines is 3. The number of fused-ring (bicyclic) bond motifs is 4. The minimum Gasteiger partial charge on any atom is -0.443 e. The lowest BCUT2D eigenvalue weighted by atomic mass is 9.93. The number of allylic oxidation sites excluding steroid dienone is 2. The molecular weight excluding hydrogens is 604 g/mol. The number of carbonyl (C=O) groups is 1. The molecule has 14 nitrogen and oxygen atoms in total. The first kappa shape index (κ1) is 31.7. The number of carbonyl (C=O) groups excluding carboxylic acids is 1. The van der Waals surface area contributed by atoms with Crippen LogP contribution in [0.3, 0.4) is 0 Å². The van der Waals surface area contributed by atoms with Gasteiger partial charge in [-0.05, 0) is 57.4 Å². The Labute approximate surface area is 268 Å². The molecule has 0 aliphatic heterocycles. The summed E-state index contributed by atoms with van der Waals surface area (Å²) in [5.74, 6) is 1.30. The molecule has 4 heterocycles. The van der Waals surface area contributed by atoms with Crippen molar-refractivity contribution in [1.82, 2.24) is 38.6 Å². The van der Waals surface area contributed by atoms with Gasteiger partial charge < -0.3 is 9.72 Å².